The van der Waals surface area contributed by atoms with Gasteiger partial charge in [-0.2, -0.15) is 0 Å². The van der Waals surface area contributed by atoms with Gasteiger partial charge in [-0.15, -0.1) is 0 Å². The van der Waals surface area contributed by atoms with Crippen molar-refractivity contribution < 1.29 is 23.8 Å². The van der Waals surface area contributed by atoms with Crippen molar-refractivity contribution in [3.8, 4) is 0 Å². The van der Waals surface area contributed by atoms with Crippen LogP contribution in [-0.4, -0.2) is 26.1 Å². The fourth-order valence-electron chi connectivity index (χ4n) is 0.507. The Balaban J connectivity index is 0. The lowest BCUT2D eigenvalue weighted by molar-refractivity contribution is 0.0508. The van der Waals surface area contributed by atoms with Crippen LogP contribution in [0.4, 0.5) is 9.59 Å². The highest BCUT2D eigenvalue weighted by molar-refractivity contribution is 6.67. The SMILES string of the molecule is CCCCOC(=O)Cl.O=C(OC(Cl)(Cl)Cl)OC(Cl)(Cl)Cl. The summed E-state index contributed by atoms with van der Waals surface area (Å²) in [6.07, 6.45) is 0.498. The molecule has 0 aromatic heterocycles. The third kappa shape index (κ3) is 23.8. The molecule has 120 valence electrons. The van der Waals surface area contributed by atoms with Gasteiger partial charge in [0.1, 0.15) is 0 Å². The second-order valence-electron chi connectivity index (χ2n) is 2.79. The summed E-state index contributed by atoms with van der Waals surface area (Å²) in [5.41, 5.74) is -0.710. The molecule has 0 atom stereocenters. The minimum atomic E-state index is -2.24. The number of ether oxygens (including phenoxy) is 3. The molecule has 0 aliphatic carbocycles. The highest BCUT2D eigenvalue weighted by Crippen LogP contribution is 2.32. The average molecular weight is 433 g/mol. The van der Waals surface area contributed by atoms with Crippen molar-refractivity contribution in [2.24, 2.45) is 0 Å². The predicted octanol–water partition coefficient (Wildman–Crippen LogP) is 5.96. The first-order valence-corrected chi connectivity index (χ1v) is 7.39. The molecule has 0 amide bonds. The largest absolute Gasteiger partial charge is 0.515 e. The van der Waals surface area contributed by atoms with E-state index in [9.17, 15) is 9.59 Å². The van der Waals surface area contributed by atoms with E-state index in [1.165, 1.54) is 0 Å². The van der Waals surface area contributed by atoms with E-state index < -0.39 is 19.5 Å². The van der Waals surface area contributed by atoms with Crippen LogP contribution in [0.25, 0.3) is 0 Å². The molecule has 12 heteroatoms. The summed E-state index contributed by atoms with van der Waals surface area (Å²) in [5.74, 6) is 0. The van der Waals surface area contributed by atoms with Gasteiger partial charge in [0.25, 0.3) is 0 Å². The molecule has 0 radical (unpaired) electrons. The van der Waals surface area contributed by atoms with Gasteiger partial charge in [-0.3, -0.25) is 0 Å². The van der Waals surface area contributed by atoms with Gasteiger partial charge < -0.3 is 14.2 Å². The highest BCUT2D eigenvalue weighted by atomic mass is 35.6. The van der Waals surface area contributed by atoms with Gasteiger partial charge in [0, 0.05) is 11.6 Å². The highest BCUT2D eigenvalue weighted by Gasteiger charge is 2.32. The van der Waals surface area contributed by atoms with Crippen molar-refractivity contribution in [1.29, 1.82) is 0 Å². The van der Waals surface area contributed by atoms with E-state index in [-0.39, 0.29) is 0 Å². The summed E-state index contributed by atoms with van der Waals surface area (Å²) in [6, 6.07) is 0. The summed E-state index contributed by atoms with van der Waals surface area (Å²) >= 11 is 35.1. The Morgan fingerprint density at radius 1 is 0.950 bits per heavy atom. The maximum Gasteiger partial charge on any atom is 0.515 e. The van der Waals surface area contributed by atoms with Crippen LogP contribution in [0.5, 0.6) is 0 Å². The van der Waals surface area contributed by atoms with Crippen molar-refractivity contribution in [3.05, 3.63) is 0 Å². The molecule has 0 aliphatic rings. The van der Waals surface area contributed by atoms with Gasteiger partial charge in [-0.25, -0.2) is 9.59 Å². The summed E-state index contributed by atoms with van der Waals surface area (Å²) in [7, 11) is 0. The lowest BCUT2D eigenvalue weighted by Gasteiger charge is -2.15. The fourth-order valence-corrected chi connectivity index (χ4v) is 0.962. The molecule has 20 heavy (non-hydrogen) atoms. The van der Waals surface area contributed by atoms with E-state index in [2.05, 4.69) is 14.2 Å². The van der Waals surface area contributed by atoms with E-state index >= 15 is 0 Å². The van der Waals surface area contributed by atoms with E-state index in [0.717, 1.165) is 12.8 Å². The van der Waals surface area contributed by atoms with E-state index in [1.807, 2.05) is 6.92 Å². The average Bonchev–Trinajstić information content (AvgIpc) is 2.11. The molecule has 0 aromatic carbocycles. The number of halogens is 7. The van der Waals surface area contributed by atoms with E-state index in [1.54, 1.807) is 0 Å². The lowest BCUT2D eigenvalue weighted by atomic mass is 10.4. The Bertz CT molecular complexity index is 281. The topological polar surface area (TPSA) is 61.8 Å². The molecule has 0 rings (SSSR count). The number of hydrogen-bond donors (Lipinski definition) is 0. The number of carbonyl (C=O) groups excluding carboxylic acids is 2. The lowest BCUT2D eigenvalue weighted by Crippen LogP contribution is -2.22. The monoisotopic (exact) mass is 430 g/mol. The summed E-state index contributed by atoms with van der Waals surface area (Å²) in [5, 5.41) is 0. The first kappa shape index (κ1) is 23.0. The van der Waals surface area contributed by atoms with Crippen LogP contribution in [0.15, 0.2) is 0 Å². The molecule has 0 N–H and O–H groups in total. The molecule has 0 spiro atoms. The summed E-state index contributed by atoms with van der Waals surface area (Å²) in [4.78, 5) is 20.4. The second kappa shape index (κ2) is 11.4. The predicted molar refractivity (Wildman–Crippen MR) is 80.3 cm³/mol. The minimum absolute atomic E-state index is 0.443. The summed E-state index contributed by atoms with van der Waals surface area (Å²) < 4.78 is 7.91. The van der Waals surface area contributed by atoms with Crippen molar-refractivity contribution >= 4 is 92.8 Å². The first-order valence-electron chi connectivity index (χ1n) is 4.75. The number of alkyl halides is 6. The molecule has 0 unspecified atom stereocenters. The minimum Gasteiger partial charge on any atom is -0.454 e. The number of hydrogen-bond acceptors (Lipinski definition) is 5. The molecule has 0 heterocycles. The molecular formula is C8H9Cl7O5. The van der Waals surface area contributed by atoms with Crippen LogP contribution >= 0.6 is 81.2 Å². The zero-order valence-corrected chi connectivity index (χ0v) is 15.1. The Morgan fingerprint density at radius 3 is 1.60 bits per heavy atom. The van der Waals surface area contributed by atoms with Crippen molar-refractivity contribution in [3.63, 3.8) is 0 Å². The van der Waals surface area contributed by atoms with Crippen LogP contribution in [0, 0.1) is 0 Å². The maximum atomic E-state index is 10.5. The number of carbonyl (C=O) groups is 2. The van der Waals surface area contributed by atoms with Crippen LogP contribution in [0.2, 0.25) is 0 Å². The Hall–Kier alpha value is 0.770. The van der Waals surface area contributed by atoms with Crippen molar-refractivity contribution in [2.45, 2.75) is 27.7 Å². The molecule has 5 nitrogen and oxygen atoms in total. The zero-order chi connectivity index (χ0) is 16.4. The Labute approximate surface area is 150 Å². The van der Waals surface area contributed by atoms with Crippen LogP contribution in [-0.2, 0) is 14.2 Å². The smallest absolute Gasteiger partial charge is 0.454 e. The second-order valence-corrected chi connectivity index (χ2v) is 7.45. The Kier molecular flexibility index (Phi) is 13.1. The standard InChI is InChI=1S/C5H9ClO2.C3Cl6O3/c1-2-3-4-8-5(6)7;4-2(5,6)11-1(10)12-3(7,8)9/h2-4H2,1H3;. The summed E-state index contributed by atoms with van der Waals surface area (Å²) in [6.45, 7) is 2.46. The maximum absolute atomic E-state index is 10.5. The molecule has 0 aliphatic heterocycles. The third-order valence-corrected chi connectivity index (χ3v) is 1.68. The fraction of sp³-hybridized carbons (Fsp3) is 0.750. The molecule has 0 aromatic rings. The number of unbranched alkanes of at least 4 members (excludes halogenated alkanes) is 1. The van der Waals surface area contributed by atoms with E-state index in [0.29, 0.717) is 6.61 Å². The zero-order valence-electron chi connectivity index (χ0n) is 9.81. The van der Waals surface area contributed by atoms with Crippen LogP contribution < -0.4 is 0 Å². The van der Waals surface area contributed by atoms with Gasteiger partial charge in [0.05, 0.1) is 6.61 Å². The van der Waals surface area contributed by atoms with Crippen molar-refractivity contribution in [1.82, 2.24) is 0 Å². The van der Waals surface area contributed by atoms with Gasteiger partial charge in [-0.05, 0) is 76.0 Å². The van der Waals surface area contributed by atoms with Gasteiger partial charge >= 0.3 is 19.5 Å². The molecular weight excluding hydrogens is 424 g/mol. The third-order valence-electron chi connectivity index (χ3n) is 1.11. The van der Waals surface area contributed by atoms with Gasteiger partial charge in [-0.1, -0.05) is 13.3 Å². The van der Waals surface area contributed by atoms with E-state index in [4.69, 9.17) is 81.2 Å². The number of rotatable bonds is 3. The quantitative estimate of drug-likeness (QED) is 0.238. The van der Waals surface area contributed by atoms with Gasteiger partial charge in [0.2, 0.25) is 0 Å². The van der Waals surface area contributed by atoms with Crippen molar-refractivity contribution in [2.75, 3.05) is 6.61 Å². The molecule has 0 saturated heterocycles. The normalized spacial score (nSPS) is 11.0. The van der Waals surface area contributed by atoms with Crippen LogP contribution in [0.1, 0.15) is 19.8 Å². The first-order chi connectivity index (χ1) is 8.87. The molecule has 0 fully saturated rings. The molecule has 0 bridgehead atoms. The van der Waals surface area contributed by atoms with Crippen LogP contribution in [0.3, 0.4) is 0 Å². The molecule has 0 saturated carbocycles. The van der Waals surface area contributed by atoms with Gasteiger partial charge in [0.15, 0.2) is 0 Å². The Morgan fingerprint density at radius 2 is 1.35 bits per heavy atom.